The van der Waals surface area contributed by atoms with Crippen molar-refractivity contribution in [3.8, 4) is 0 Å². The predicted octanol–water partition coefficient (Wildman–Crippen LogP) is 3.93. The Morgan fingerprint density at radius 1 is 0.926 bits per heavy atom. The zero-order chi connectivity index (χ0) is 19.4. The largest absolute Gasteiger partial charge is 0.478 e. The number of carboxylic acid groups (broad SMARTS) is 2. The monoisotopic (exact) mass is 365 g/mol. The summed E-state index contributed by atoms with van der Waals surface area (Å²) in [4.78, 5) is 26.4. The highest BCUT2D eigenvalue weighted by atomic mass is 16.4. The first kappa shape index (κ1) is 18.2. The van der Waals surface area contributed by atoms with Gasteiger partial charge in [-0.25, -0.2) is 14.6 Å². The van der Waals surface area contributed by atoms with Gasteiger partial charge in [-0.2, -0.15) is 0 Å². The van der Waals surface area contributed by atoms with Crippen LogP contribution in [-0.4, -0.2) is 27.1 Å². The summed E-state index contributed by atoms with van der Waals surface area (Å²) in [6.07, 6.45) is 4.44. The van der Waals surface area contributed by atoms with Gasteiger partial charge in [-0.1, -0.05) is 6.08 Å². The average molecular weight is 365 g/mol. The molecule has 1 aliphatic carbocycles. The maximum atomic E-state index is 11.0. The molecule has 1 aromatic heterocycles. The number of aryl methyl sites for hydroxylation is 1. The van der Waals surface area contributed by atoms with Crippen molar-refractivity contribution >= 4 is 29.3 Å². The number of anilines is 3. The highest BCUT2D eigenvalue weighted by Crippen LogP contribution is 2.23. The minimum absolute atomic E-state index is 0.220. The lowest BCUT2D eigenvalue weighted by Crippen LogP contribution is -2.09. The van der Waals surface area contributed by atoms with E-state index in [4.69, 9.17) is 10.2 Å². The molecule has 4 N–H and O–H groups in total. The summed E-state index contributed by atoms with van der Waals surface area (Å²) in [7, 11) is 0. The van der Waals surface area contributed by atoms with Crippen LogP contribution in [0.15, 0.2) is 59.8 Å². The Labute approximate surface area is 156 Å². The van der Waals surface area contributed by atoms with E-state index in [1.54, 1.807) is 24.3 Å². The molecule has 0 fully saturated rings. The molecular weight excluding hydrogens is 346 g/mol. The zero-order valence-electron chi connectivity index (χ0n) is 14.7. The van der Waals surface area contributed by atoms with Crippen LogP contribution < -0.4 is 10.6 Å². The zero-order valence-corrected chi connectivity index (χ0v) is 14.7. The number of carboxylic acids is 2. The van der Waals surface area contributed by atoms with Crippen molar-refractivity contribution in [1.82, 2.24) is 4.98 Å². The number of aromatic carboxylic acids is 1. The van der Waals surface area contributed by atoms with E-state index < -0.39 is 11.9 Å². The first-order valence-electron chi connectivity index (χ1n) is 8.40. The summed E-state index contributed by atoms with van der Waals surface area (Å²) in [6, 6.07) is 10.2. The van der Waals surface area contributed by atoms with Crippen molar-refractivity contribution < 1.29 is 19.8 Å². The minimum atomic E-state index is -0.970. The Bertz CT molecular complexity index is 946. The number of allylic oxidation sites excluding steroid dienone is 3. The molecule has 0 spiro atoms. The van der Waals surface area contributed by atoms with Crippen LogP contribution in [0.25, 0.3) is 0 Å². The van der Waals surface area contributed by atoms with Crippen LogP contribution in [0.1, 0.15) is 28.8 Å². The van der Waals surface area contributed by atoms with E-state index >= 15 is 0 Å². The van der Waals surface area contributed by atoms with Gasteiger partial charge in [-0.15, -0.1) is 0 Å². The third-order valence-electron chi connectivity index (χ3n) is 4.09. The van der Waals surface area contributed by atoms with E-state index in [-0.39, 0.29) is 5.56 Å². The predicted molar refractivity (Wildman–Crippen MR) is 102 cm³/mol. The van der Waals surface area contributed by atoms with E-state index in [1.807, 2.05) is 19.1 Å². The Morgan fingerprint density at radius 3 is 2.15 bits per heavy atom. The van der Waals surface area contributed by atoms with Crippen LogP contribution in [0, 0.1) is 6.92 Å². The van der Waals surface area contributed by atoms with Crippen LogP contribution in [0.3, 0.4) is 0 Å². The lowest BCUT2D eigenvalue weighted by molar-refractivity contribution is -0.132. The molecule has 0 saturated heterocycles. The van der Waals surface area contributed by atoms with Gasteiger partial charge >= 0.3 is 11.9 Å². The van der Waals surface area contributed by atoms with E-state index in [2.05, 4.69) is 15.6 Å². The molecule has 7 nitrogen and oxygen atoms in total. The molecule has 0 bridgehead atoms. The molecule has 0 saturated carbocycles. The van der Waals surface area contributed by atoms with Crippen LogP contribution in [-0.2, 0) is 4.79 Å². The minimum Gasteiger partial charge on any atom is -0.478 e. The molecule has 1 heterocycles. The highest BCUT2D eigenvalue weighted by Gasteiger charge is 2.13. The van der Waals surface area contributed by atoms with Gasteiger partial charge in [-0.05, 0) is 67.8 Å². The molecule has 0 atom stereocenters. The molecule has 27 heavy (non-hydrogen) atoms. The lowest BCUT2D eigenvalue weighted by atomic mass is 10.0. The van der Waals surface area contributed by atoms with E-state index in [0.29, 0.717) is 30.1 Å². The molecular formula is C20H19N3O4. The van der Waals surface area contributed by atoms with Crippen molar-refractivity contribution in [1.29, 1.82) is 0 Å². The van der Waals surface area contributed by atoms with Crippen LogP contribution in [0.4, 0.5) is 17.3 Å². The van der Waals surface area contributed by atoms with Crippen molar-refractivity contribution in [2.24, 2.45) is 0 Å². The highest BCUT2D eigenvalue weighted by molar-refractivity contribution is 5.88. The first-order valence-corrected chi connectivity index (χ1v) is 8.40. The molecule has 0 unspecified atom stereocenters. The number of aromatic nitrogens is 1. The quantitative estimate of drug-likeness (QED) is 0.613. The number of rotatable bonds is 6. The van der Waals surface area contributed by atoms with Gasteiger partial charge in [0, 0.05) is 17.0 Å². The molecule has 1 aromatic carbocycles. The van der Waals surface area contributed by atoms with E-state index in [1.165, 1.54) is 12.1 Å². The second kappa shape index (κ2) is 7.74. The van der Waals surface area contributed by atoms with Gasteiger partial charge in [0.05, 0.1) is 5.56 Å². The van der Waals surface area contributed by atoms with Crippen molar-refractivity contribution in [3.05, 3.63) is 70.9 Å². The molecule has 1 aliphatic rings. The normalized spacial score (nSPS) is 13.4. The van der Waals surface area contributed by atoms with Gasteiger partial charge < -0.3 is 20.8 Å². The molecule has 3 rings (SSSR count). The number of carbonyl (C=O) groups is 2. The number of pyridine rings is 1. The molecule has 0 amide bonds. The van der Waals surface area contributed by atoms with Crippen molar-refractivity contribution in [3.63, 3.8) is 0 Å². The average Bonchev–Trinajstić information content (AvgIpc) is 2.62. The summed E-state index contributed by atoms with van der Waals surface area (Å²) in [5.74, 6) is -0.584. The molecule has 138 valence electrons. The van der Waals surface area contributed by atoms with Gasteiger partial charge in [0.25, 0.3) is 0 Å². The van der Waals surface area contributed by atoms with E-state index in [0.717, 1.165) is 16.9 Å². The second-order valence-corrected chi connectivity index (χ2v) is 6.24. The van der Waals surface area contributed by atoms with Gasteiger partial charge in [0.15, 0.2) is 0 Å². The fraction of sp³-hybridized carbons (Fsp3) is 0.150. The van der Waals surface area contributed by atoms with Crippen LogP contribution in [0.2, 0.25) is 0 Å². The van der Waals surface area contributed by atoms with Crippen LogP contribution >= 0.6 is 0 Å². The number of nitrogens with zero attached hydrogens (tertiary/aromatic N) is 1. The third-order valence-corrected chi connectivity index (χ3v) is 4.09. The first-order chi connectivity index (χ1) is 12.9. The third kappa shape index (κ3) is 4.72. The smallest absolute Gasteiger partial charge is 0.335 e. The van der Waals surface area contributed by atoms with Gasteiger partial charge in [0.2, 0.25) is 0 Å². The summed E-state index contributed by atoms with van der Waals surface area (Å²) < 4.78 is 0. The topological polar surface area (TPSA) is 112 Å². The molecule has 2 aromatic rings. The summed E-state index contributed by atoms with van der Waals surface area (Å²) in [6.45, 7) is 1.95. The Kier molecular flexibility index (Phi) is 5.21. The number of nitrogens with one attached hydrogen (secondary N) is 2. The van der Waals surface area contributed by atoms with Crippen LogP contribution in [0.5, 0.6) is 0 Å². The molecule has 0 aliphatic heterocycles. The Hall–Kier alpha value is -3.61. The lowest BCUT2D eigenvalue weighted by Gasteiger charge is -2.15. The second-order valence-electron chi connectivity index (χ2n) is 6.24. The summed E-state index contributed by atoms with van der Waals surface area (Å²) in [5, 5.41) is 24.3. The Morgan fingerprint density at radius 2 is 1.59 bits per heavy atom. The van der Waals surface area contributed by atoms with Crippen molar-refractivity contribution in [2.75, 3.05) is 10.6 Å². The number of aliphatic carboxylic acids is 1. The van der Waals surface area contributed by atoms with Gasteiger partial charge in [0.1, 0.15) is 11.6 Å². The fourth-order valence-corrected chi connectivity index (χ4v) is 2.72. The standard InChI is InChI=1S/C20H19N3O4/c1-12-10-17(21-15-6-2-13(3-7-15)19(24)25)23-18(11-12)22-16-8-4-14(5-9-16)20(26)27/h2-4,6-8,10-11H,5,9H2,1H3,(H,24,25)(H,26,27)(H2,21,22,23). The maximum absolute atomic E-state index is 11.0. The number of benzene rings is 1. The van der Waals surface area contributed by atoms with E-state index in [9.17, 15) is 9.59 Å². The molecule has 0 radical (unpaired) electrons. The number of hydrogen-bond donors (Lipinski definition) is 4. The van der Waals surface area contributed by atoms with Crippen molar-refractivity contribution in [2.45, 2.75) is 19.8 Å². The SMILES string of the molecule is Cc1cc(NC2=CC=C(C(=O)O)CC2)nc(Nc2ccc(C(=O)O)cc2)c1. The molecule has 7 heteroatoms. The fourth-order valence-electron chi connectivity index (χ4n) is 2.72. The Balaban J connectivity index is 1.74. The summed E-state index contributed by atoms with van der Waals surface area (Å²) in [5.41, 5.74) is 3.24. The summed E-state index contributed by atoms with van der Waals surface area (Å²) >= 11 is 0. The van der Waals surface area contributed by atoms with Gasteiger partial charge in [-0.3, -0.25) is 0 Å². The number of hydrogen-bond acceptors (Lipinski definition) is 5. The maximum Gasteiger partial charge on any atom is 0.335 e.